The van der Waals surface area contributed by atoms with Crippen LogP contribution in [0.25, 0.3) is 16.9 Å². The van der Waals surface area contributed by atoms with E-state index in [1.165, 1.54) is 12.1 Å². The van der Waals surface area contributed by atoms with Crippen LogP contribution in [-0.2, 0) is 10.1 Å². The molecule has 7 nitrogen and oxygen atoms in total. The Morgan fingerprint density at radius 1 is 1.11 bits per heavy atom. The molecule has 1 aromatic heterocycles. The van der Waals surface area contributed by atoms with Crippen molar-refractivity contribution in [3.8, 4) is 22.7 Å². The minimum Gasteiger partial charge on any atom is -0.382 e. The molecule has 204 valence electrons. The normalized spacial score (nSPS) is 14.9. The van der Waals surface area contributed by atoms with Gasteiger partial charge in [-0.2, -0.15) is 26.7 Å². The molecule has 1 aliphatic rings. The summed E-state index contributed by atoms with van der Waals surface area (Å²) in [6.45, 7) is 1.76. The quantitative estimate of drug-likeness (QED) is 0.325. The number of aromatic nitrogens is 2. The van der Waals surface area contributed by atoms with Crippen LogP contribution in [-0.4, -0.2) is 42.1 Å². The third-order valence-corrected chi connectivity index (χ3v) is 7.81. The first-order chi connectivity index (χ1) is 17.9. The Morgan fingerprint density at radius 2 is 1.76 bits per heavy atom. The molecule has 38 heavy (non-hydrogen) atoms. The van der Waals surface area contributed by atoms with Gasteiger partial charge in [-0.25, -0.2) is 4.68 Å². The molecule has 0 saturated heterocycles. The molecule has 0 spiro atoms. The van der Waals surface area contributed by atoms with Crippen LogP contribution in [0.4, 0.5) is 13.2 Å². The van der Waals surface area contributed by atoms with Crippen LogP contribution >= 0.6 is 11.6 Å². The minimum absolute atomic E-state index is 0.0836. The van der Waals surface area contributed by atoms with Gasteiger partial charge in [0.25, 0.3) is 5.91 Å². The summed E-state index contributed by atoms with van der Waals surface area (Å²) in [4.78, 5) is 13.2. The first kappa shape index (κ1) is 28.0. The maximum Gasteiger partial charge on any atom is 0.390 e. The molecule has 0 atom stereocenters. The van der Waals surface area contributed by atoms with Crippen molar-refractivity contribution in [2.24, 2.45) is 0 Å². The lowest BCUT2D eigenvalue weighted by Crippen LogP contribution is -2.36. The Labute approximate surface area is 224 Å². The van der Waals surface area contributed by atoms with Gasteiger partial charge in [0, 0.05) is 17.2 Å². The lowest BCUT2D eigenvalue weighted by molar-refractivity contribution is -0.130. The highest BCUT2D eigenvalue weighted by Gasteiger charge is 2.31. The molecular formula is C26H27ClF3N3O4S. The van der Waals surface area contributed by atoms with Gasteiger partial charge < -0.3 is 9.50 Å². The predicted molar refractivity (Wildman–Crippen MR) is 138 cm³/mol. The van der Waals surface area contributed by atoms with Crippen molar-refractivity contribution < 1.29 is 30.6 Å². The van der Waals surface area contributed by atoms with Crippen LogP contribution in [0.2, 0.25) is 5.02 Å². The van der Waals surface area contributed by atoms with Crippen molar-refractivity contribution in [1.82, 2.24) is 15.1 Å². The van der Waals surface area contributed by atoms with Crippen LogP contribution in [0.3, 0.4) is 0 Å². The fraction of sp³-hybridized carbons (Fsp3) is 0.385. The van der Waals surface area contributed by atoms with Gasteiger partial charge in [-0.3, -0.25) is 4.79 Å². The van der Waals surface area contributed by atoms with E-state index in [2.05, 4.69) is 10.4 Å². The highest BCUT2D eigenvalue weighted by Crippen LogP contribution is 2.33. The Hall–Kier alpha value is -3.05. The Morgan fingerprint density at radius 3 is 2.39 bits per heavy atom. The molecule has 3 aromatic rings. The topological polar surface area (TPSA) is 90.3 Å². The predicted octanol–water partition coefficient (Wildman–Crippen LogP) is 6.22. The van der Waals surface area contributed by atoms with Crippen molar-refractivity contribution in [3.05, 3.63) is 64.8 Å². The maximum atomic E-state index is 13.2. The van der Waals surface area contributed by atoms with E-state index in [1.807, 2.05) is 0 Å². The standard InChI is InChI=1S/C26H27ClF3N3O4S/c1-17-23(25(34)31-19-7-3-2-4-8-19)32-33(22-10-6-5-9-21(22)27)24(17)18-11-13-20(14-12-18)37-38(35,36)16-15-26(28,29)30/h5-6,9-14,19H,2-4,7-8,15-16H2,1H3,(H,31,34). The van der Waals surface area contributed by atoms with Crippen LogP contribution in [0, 0.1) is 6.92 Å². The second-order valence-electron chi connectivity index (χ2n) is 9.23. The van der Waals surface area contributed by atoms with E-state index in [0.29, 0.717) is 27.5 Å². The van der Waals surface area contributed by atoms with Gasteiger partial charge in [-0.05, 0) is 56.2 Å². The summed E-state index contributed by atoms with van der Waals surface area (Å²) in [5, 5.41) is 8.08. The average Bonchev–Trinajstić information content (AvgIpc) is 3.20. The number of nitrogens with zero attached hydrogens (tertiary/aromatic N) is 2. The molecule has 1 amide bonds. The van der Waals surface area contributed by atoms with Gasteiger partial charge in [0.2, 0.25) is 0 Å². The summed E-state index contributed by atoms with van der Waals surface area (Å²) >= 11 is 6.45. The molecule has 1 saturated carbocycles. The number of hydrogen-bond acceptors (Lipinski definition) is 5. The number of benzene rings is 2. The van der Waals surface area contributed by atoms with Crippen molar-refractivity contribution >= 4 is 27.6 Å². The van der Waals surface area contributed by atoms with Crippen molar-refractivity contribution in [3.63, 3.8) is 0 Å². The molecule has 0 unspecified atom stereocenters. The summed E-state index contributed by atoms with van der Waals surface area (Å²) in [5.74, 6) is -1.61. The van der Waals surface area contributed by atoms with E-state index in [-0.39, 0.29) is 23.4 Å². The monoisotopic (exact) mass is 569 g/mol. The summed E-state index contributed by atoms with van der Waals surface area (Å²) in [7, 11) is -4.44. The average molecular weight is 570 g/mol. The van der Waals surface area contributed by atoms with Crippen LogP contribution in [0.15, 0.2) is 48.5 Å². The minimum atomic E-state index is -4.62. The zero-order chi connectivity index (χ0) is 27.5. The highest BCUT2D eigenvalue weighted by atomic mass is 35.5. The lowest BCUT2D eigenvalue weighted by Gasteiger charge is -2.22. The summed E-state index contributed by atoms with van der Waals surface area (Å²) in [5.41, 5.74) is 2.49. The lowest BCUT2D eigenvalue weighted by atomic mass is 9.95. The number of amides is 1. The number of para-hydroxylation sites is 1. The number of carbonyl (C=O) groups is 1. The number of hydrogen-bond donors (Lipinski definition) is 1. The smallest absolute Gasteiger partial charge is 0.382 e. The molecule has 2 aromatic carbocycles. The van der Waals surface area contributed by atoms with Gasteiger partial charge in [0.05, 0.1) is 28.6 Å². The molecule has 12 heteroatoms. The molecule has 0 bridgehead atoms. The van der Waals surface area contributed by atoms with Gasteiger partial charge >= 0.3 is 16.3 Å². The largest absolute Gasteiger partial charge is 0.390 e. The number of rotatable bonds is 8. The van der Waals surface area contributed by atoms with Gasteiger partial charge in [0.1, 0.15) is 5.75 Å². The van der Waals surface area contributed by atoms with Crippen molar-refractivity contribution in [2.45, 2.75) is 57.7 Å². The molecule has 1 N–H and O–H groups in total. The molecule has 1 fully saturated rings. The summed E-state index contributed by atoms with van der Waals surface area (Å²) in [6, 6.07) is 12.9. The fourth-order valence-electron chi connectivity index (χ4n) is 4.45. The molecular weight excluding hydrogens is 543 g/mol. The molecule has 4 rings (SSSR count). The second kappa shape index (κ2) is 11.4. The Kier molecular flexibility index (Phi) is 8.37. The fourth-order valence-corrected chi connectivity index (χ4v) is 5.63. The second-order valence-corrected chi connectivity index (χ2v) is 11.3. The SMILES string of the molecule is Cc1c(C(=O)NC2CCCCC2)nn(-c2ccccc2Cl)c1-c1ccc(OS(=O)(=O)CCC(F)(F)F)cc1. The van der Waals surface area contributed by atoms with Crippen LogP contribution < -0.4 is 9.50 Å². The van der Waals surface area contributed by atoms with E-state index in [9.17, 15) is 26.4 Å². The maximum absolute atomic E-state index is 13.2. The van der Waals surface area contributed by atoms with E-state index in [4.69, 9.17) is 15.8 Å². The van der Waals surface area contributed by atoms with Crippen molar-refractivity contribution in [2.75, 3.05) is 5.75 Å². The third kappa shape index (κ3) is 6.87. The zero-order valence-electron chi connectivity index (χ0n) is 20.6. The first-order valence-electron chi connectivity index (χ1n) is 12.2. The molecule has 1 heterocycles. The highest BCUT2D eigenvalue weighted by molar-refractivity contribution is 7.87. The van der Waals surface area contributed by atoms with Gasteiger partial charge in [0.15, 0.2) is 5.69 Å². The van der Waals surface area contributed by atoms with E-state index in [1.54, 1.807) is 48.0 Å². The molecule has 1 aliphatic carbocycles. The Balaban J connectivity index is 1.66. The van der Waals surface area contributed by atoms with E-state index in [0.717, 1.165) is 32.1 Å². The zero-order valence-corrected chi connectivity index (χ0v) is 22.2. The van der Waals surface area contributed by atoms with Crippen molar-refractivity contribution in [1.29, 1.82) is 0 Å². The summed E-state index contributed by atoms with van der Waals surface area (Å²) in [6.07, 6.45) is -1.02. The molecule has 0 aliphatic heterocycles. The number of halogens is 4. The van der Waals surface area contributed by atoms with Crippen LogP contribution in [0.5, 0.6) is 5.75 Å². The number of nitrogens with one attached hydrogen (secondary N) is 1. The molecule has 0 radical (unpaired) electrons. The van der Waals surface area contributed by atoms with E-state index < -0.39 is 28.5 Å². The van der Waals surface area contributed by atoms with Gasteiger partial charge in [-0.15, -0.1) is 0 Å². The third-order valence-electron chi connectivity index (χ3n) is 6.34. The first-order valence-corrected chi connectivity index (χ1v) is 14.1. The van der Waals surface area contributed by atoms with Gasteiger partial charge in [-0.1, -0.05) is 43.0 Å². The number of alkyl halides is 3. The van der Waals surface area contributed by atoms with Crippen LogP contribution in [0.1, 0.15) is 54.6 Å². The summed E-state index contributed by atoms with van der Waals surface area (Å²) < 4.78 is 67.7. The number of carbonyl (C=O) groups excluding carboxylic acids is 1. The Bertz CT molecular complexity index is 1400. The van der Waals surface area contributed by atoms with E-state index >= 15 is 0 Å².